The number of piperidine rings is 1. The molecule has 0 spiro atoms. The Kier molecular flexibility index (Phi) is 3.38. The summed E-state index contributed by atoms with van der Waals surface area (Å²) >= 11 is 0. The number of aryl methyl sites for hydroxylation is 1. The molecule has 100 valence electrons. The van der Waals surface area contributed by atoms with Crippen LogP contribution in [0.2, 0.25) is 0 Å². The fraction of sp³-hybridized carbons (Fsp3) is 0.750. The second-order valence-electron chi connectivity index (χ2n) is 5.53. The van der Waals surface area contributed by atoms with Gasteiger partial charge in [-0.05, 0) is 24.8 Å². The van der Waals surface area contributed by atoms with Crippen LogP contribution in [0.1, 0.15) is 38.4 Å². The maximum atomic E-state index is 11.5. The molecule has 0 aliphatic carbocycles. The van der Waals surface area contributed by atoms with Crippen LogP contribution in [0.4, 0.5) is 0 Å². The molecule has 0 amide bonds. The summed E-state index contributed by atoms with van der Waals surface area (Å²) < 4.78 is 4.92. The number of hydrogen-bond acceptors (Lipinski definition) is 5. The fourth-order valence-electron chi connectivity index (χ4n) is 2.75. The zero-order valence-electron chi connectivity index (χ0n) is 11.0. The molecule has 2 heterocycles. The molecule has 1 aliphatic rings. The molecule has 1 fully saturated rings. The Morgan fingerprint density at radius 1 is 1.61 bits per heavy atom. The summed E-state index contributed by atoms with van der Waals surface area (Å²) in [4.78, 5) is 17.5. The molecule has 1 unspecified atom stereocenters. The van der Waals surface area contributed by atoms with Crippen molar-refractivity contribution in [3.8, 4) is 0 Å². The van der Waals surface area contributed by atoms with Crippen molar-refractivity contribution in [1.82, 2.24) is 15.0 Å². The molecule has 0 radical (unpaired) electrons. The highest BCUT2D eigenvalue weighted by Gasteiger charge is 2.42. The molecule has 1 aromatic rings. The largest absolute Gasteiger partial charge is 0.480 e. The minimum atomic E-state index is -0.778. The molecule has 1 aromatic heterocycles. The van der Waals surface area contributed by atoms with E-state index in [4.69, 9.17) is 4.52 Å². The summed E-state index contributed by atoms with van der Waals surface area (Å²) in [5.41, 5.74) is -0.233. The van der Waals surface area contributed by atoms with Crippen molar-refractivity contribution in [2.45, 2.75) is 46.2 Å². The normalized spacial score (nSPS) is 24.1. The number of aromatic nitrogens is 2. The maximum absolute atomic E-state index is 11.5. The van der Waals surface area contributed by atoms with Crippen LogP contribution >= 0.6 is 0 Å². The molecular weight excluding hydrogens is 234 g/mol. The maximum Gasteiger partial charge on any atom is 0.321 e. The minimum Gasteiger partial charge on any atom is -0.480 e. The van der Waals surface area contributed by atoms with E-state index in [2.05, 4.69) is 10.1 Å². The van der Waals surface area contributed by atoms with Crippen molar-refractivity contribution in [2.24, 2.45) is 5.41 Å². The van der Waals surface area contributed by atoms with Crippen molar-refractivity contribution >= 4 is 5.97 Å². The number of carboxylic acid groups (broad SMARTS) is 1. The predicted octanol–water partition coefficient (Wildman–Crippen LogP) is 1.45. The molecule has 18 heavy (non-hydrogen) atoms. The first-order chi connectivity index (χ1) is 8.40. The molecule has 1 N–H and O–H groups in total. The summed E-state index contributed by atoms with van der Waals surface area (Å²) in [6.45, 7) is 6.91. The zero-order chi connectivity index (χ0) is 13.3. The highest BCUT2D eigenvalue weighted by molar-refractivity contribution is 5.74. The van der Waals surface area contributed by atoms with Crippen molar-refractivity contribution in [3.63, 3.8) is 0 Å². The average Bonchev–Trinajstić information content (AvgIpc) is 2.61. The Hall–Kier alpha value is -1.43. The number of likely N-dealkylation sites (tertiary alicyclic amines) is 1. The minimum absolute atomic E-state index is 0.233. The third kappa shape index (κ3) is 2.53. The van der Waals surface area contributed by atoms with Gasteiger partial charge < -0.3 is 9.63 Å². The van der Waals surface area contributed by atoms with Gasteiger partial charge in [-0.15, -0.1) is 0 Å². The Labute approximate surface area is 106 Å². The van der Waals surface area contributed by atoms with E-state index < -0.39 is 12.0 Å². The van der Waals surface area contributed by atoms with E-state index in [1.807, 2.05) is 18.7 Å². The number of carboxylic acids is 1. The summed E-state index contributed by atoms with van der Waals surface area (Å²) in [6, 6.07) is -0.495. The Bertz CT molecular complexity index is 442. The first kappa shape index (κ1) is 13.0. The van der Waals surface area contributed by atoms with Crippen LogP contribution in [0.25, 0.3) is 0 Å². The van der Waals surface area contributed by atoms with Gasteiger partial charge in [0.25, 0.3) is 0 Å². The number of aliphatic carboxylic acids is 1. The topological polar surface area (TPSA) is 79.5 Å². The van der Waals surface area contributed by atoms with Crippen LogP contribution in [0.3, 0.4) is 0 Å². The van der Waals surface area contributed by atoms with Gasteiger partial charge in [0.05, 0.1) is 6.54 Å². The van der Waals surface area contributed by atoms with Crippen molar-refractivity contribution in [3.05, 3.63) is 11.7 Å². The van der Waals surface area contributed by atoms with Gasteiger partial charge in [-0.1, -0.05) is 19.0 Å². The van der Waals surface area contributed by atoms with Gasteiger partial charge in [-0.2, -0.15) is 4.98 Å². The van der Waals surface area contributed by atoms with Gasteiger partial charge in [-0.25, -0.2) is 0 Å². The molecule has 1 aliphatic heterocycles. The van der Waals surface area contributed by atoms with E-state index in [9.17, 15) is 9.90 Å². The van der Waals surface area contributed by atoms with Crippen molar-refractivity contribution < 1.29 is 14.4 Å². The third-order valence-electron chi connectivity index (χ3n) is 3.52. The zero-order valence-corrected chi connectivity index (χ0v) is 11.0. The van der Waals surface area contributed by atoms with E-state index in [0.717, 1.165) is 19.4 Å². The number of carbonyl (C=O) groups is 1. The van der Waals surface area contributed by atoms with Gasteiger partial charge in [0.2, 0.25) is 5.89 Å². The van der Waals surface area contributed by atoms with Crippen LogP contribution in [-0.2, 0) is 11.3 Å². The van der Waals surface area contributed by atoms with Gasteiger partial charge in [0.1, 0.15) is 6.04 Å². The quantitative estimate of drug-likeness (QED) is 0.878. The second-order valence-corrected chi connectivity index (χ2v) is 5.53. The fourth-order valence-corrected chi connectivity index (χ4v) is 2.75. The highest BCUT2D eigenvalue weighted by Crippen LogP contribution is 2.35. The van der Waals surface area contributed by atoms with Crippen LogP contribution in [0, 0.1) is 12.3 Å². The lowest BCUT2D eigenvalue weighted by Gasteiger charge is -2.43. The Morgan fingerprint density at radius 3 is 2.89 bits per heavy atom. The SMILES string of the molecule is Cc1nc(CN2CCCC(C)(C)C2C(=O)O)no1. The molecule has 6 nitrogen and oxygen atoms in total. The molecule has 2 rings (SSSR count). The van der Waals surface area contributed by atoms with Crippen LogP contribution < -0.4 is 0 Å². The molecule has 0 bridgehead atoms. The second kappa shape index (κ2) is 4.68. The highest BCUT2D eigenvalue weighted by atomic mass is 16.5. The molecule has 1 saturated heterocycles. The summed E-state index contributed by atoms with van der Waals surface area (Å²) in [6.07, 6.45) is 1.92. The first-order valence-electron chi connectivity index (χ1n) is 6.16. The molecule has 1 atom stereocenters. The number of rotatable bonds is 3. The van der Waals surface area contributed by atoms with Gasteiger partial charge in [0, 0.05) is 6.92 Å². The lowest BCUT2D eigenvalue weighted by molar-refractivity contribution is -0.151. The summed E-state index contributed by atoms with van der Waals surface area (Å²) in [5.74, 6) is 0.282. The standard InChI is InChI=1S/C12H19N3O3/c1-8-13-9(14-18-8)7-15-6-4-5-12(2,3)10(15)11(16)17/h10H,4-7H2,1-3H3,(H,16,17). The molecule has 0 aromatic carbocycles. The molecule has 0 saturated carbocycles. The van der Waals surface area contributed by atoms with E-state index in [0.29, 0.717) is 18.3 Å². The predicted molar refractivity (Wildman–Crippen MR) is 63.9 cm³/mol. The Morgan fingerprint density at radius 2 is 2.33 bits per heavy atom. The first-order valence-corrected chi connectivity index (χ1v) is 6.16. The Balaban J connectivity index is 2.17. The molecular formula is C12H19N3O3. The van der Waals surface area contributed by atoms with Gasteiger partial charge in [0.15, 0.2) is 5.82 Å². The van der Waals surface area contributed by atoms with Gasteiger partial charge in [-0.3, -0.25) is 9.69 Å². The van der Waals surface area contributed by atoms with E-state index in [1.54, 1.807) is 6.92 Å². The van der Waals surface area contributed by atoms with Crippen molar-refractivity contribution in [2.75, 3.05) is 6.54 Å². The lowest BCUT2D eigenvalue weighted by Crippen LogP contribution is -2.53. The van der Waals surface area contributed by atoms with Crippen LogP contribution in [0.15, 0.2) is 4.52 Å². The van der Waals surface area contributed by atoms with Gasteiger partial charge >= 0.3 is 5.97 Å². The monoisotopic (exact) mass is 253 g/mol. The van der Waals surface area contributed by atoms with Crippen molar-refractivity contribution in [1.29, 1.82) is 0 Å². The van der Waals surface area contributed by atoms with E-state index in [1.165, 1.54) is 0 Å². The number of nitrogens with zero attached hydrogens (tertiary/aromatic N) is 3. The van der Waals surface area contributed by atoms with Crippen LogP contribution in [-0.4, -0.2) is 38.7 Å². The van der Waals surface area contributed by atoms with E-state index in [-0.39, 0.29) is 5.41 Å². The van der Waals surface area contributed by atoms with Crippen LogP contribution in [0.5, 0.6) is 0 Å². The average molecular weight is 253 g/mol. The third-order valence-corrected chi connectivity index (χ3v) is 3.52. The summed E-state index contributed by atoms with van der Waals surface area (Å²) in [7, 11) is 0. The molecule has 6 heteroatoms. The van der Waals surface area contributed by atoms with E-state index >= 15 is 0 Å². The lowest BCUT2D eigenvalue weighted by atomic mass is 9.76. The summed E-state index contributed by atoms with van der Waals surface area (Å²) in [5, 5.41) is 13.3. The smallest absolute Gasteiger partial charge is 0.321 e. The number of hydrogen-bond donors (Lipinski definition) is 1.